The van der Waals surface area contributed by atoms with Crippen LogP contribution in [0.25, 0.3) is 0 Å². The Bertz CT molecular complexity index is 743. The van der Waals surface area contributed by atoms with Crippen LogP contribution in [0, 0.1) is 0 Å². The molecule has 15 heteroatoms. The zero-order valence-electron chi connectivity index (χ0n) is 15.2. The predicted molar refractivity (Wildman–Crippen MR) is 118 cm³/mol. The van der Waals surface area contributed by atoms with Crippen LogP contribution in [0.3, 0.4) is 0 Å². The monoisotopic (exact) mass is 528 g/mol. The van der Waals surface area contributed by atoms with Crippen LogP contribution in [0.4, 0.5) is 0 Å². The SMILES string of the molecule is O=S1(=O)CC(Cl)C(NC(=S)OCCOCCOC(=S)NC2CS(=O)(=O)CC2Cl)C1. The summed E-state index contributed by atoms with van der Waals surface area (Å²) in [6, 6.07) is -0.945. The summed E-state index contributed by atoms with van der Waals surface area (Å²) in [6.07, 6.45) is 0. The van der Waals surface area contributed by atoms with E-state index in [0.717, 1.165) is 0 Å². The largest absolute Gasteiger partial charge is 0.469 e. The molecule has 2 heterocycles. The molecule has 0 aromatic rings. The standard InChI is InChI=1S/C14H22Cl2N2O7S4/c15-9-5-28(19,20)7-11(9)17-13(26)24-3-1-23-2-4-25-14(27)18-12-8-29(21,22)6-10(12)16/h9-12H,1-8H2,(H,17,26)(H,18,27). The molecule has 0 aromatic heterocycles. The molecule has 2 rings (SSSR count). The fourth-order valence-corrected chi connectivity index (χ4v) is 8.32. The molecule has 0 aliphatic carbocycles. The third-order valence-electron chi connectivity index (χ3n) is 4.09. The summed E-state index contributed by atoms with van der Waals surface area (Å²) in [7, 11) is -6.30. The van der Waals surface area contributed by atoms with E-state index in [4.69, 9.17) is 61.8 Å². The first-order chi connectivity index (χ1) is 13.5. The molecular formula is C14H22Cl2N2O7S4. The number of rotatable bonds is 8. The number of nitrogens with one attached hydrogen (secondary N) is 2. The Morgan fingerprint density at radius 3 is 1.45 bits per heavy atom. The quantitative estimate of drug-likeness (QED) is 0.243. The van der Waals surface area contributed by atoms with Crippen molar-refractivity contribution in [3.05, 3.63) is 0 Å². The van der Waals surface area contributed by atoms with Crippen LogP contribution < -0.4 is 10.6 Å². The molecule has 0 bridgehead atoms. The summed E-state index contributed by atoms with van der Waals surface area (Å²) in [5.74, 6) is -0.332. The predicted octanol–water partition coefficient (Wildman–Crippen LogP) is -0.406. The maximum absolute atomic E-state index is 11.5. The maximum Gasteiger partial charge on any atom is 0.257 e. The average Bonchev–Trinajstić information content (AvgIpc) is 2.98. The van der Waals surface area contributed by atoms with Gasteiger partial charge in [0.15, 0.2) is 19.7 Å². The molecule has 2 saturated heterocycles. The lowest BCUT2D eigenvalue weighted by molar-refractivity contribution is 0.0700. The van der Waals surface area contributed by atoms with Crippen molar-refractivity contribution in [2.45, 2.75) is 22.8 Å². The zero-order valence-corrected chi connectivity index (χ0v) is 20.0. The highest BCUT2D eigenvalue weighted by Crippen LogP contribution is 2.18. The van der Waals surface area contributed by atoms with Crippen LogP contribution in [0.5, 0.6) is 0 Å². The lowest BCUT2D eigenvalue weighted by Crippen LogP contribution is -2.41. The molecule has 4 unspecified atom stereocenters. The van der Waals surface area contributed by atoms with Crippen molar-refractivity contribution in [1.29, 1.82) is 0 Å². The third kappa shape index (κ3) is 8.83. The number of hydrogen-bond donors (Lipinski definition) is 2. The lowest BCUT2D eigenvalue weighted by atomic mass is 10.3. The fraction of sp³-hybridized carbons (Fsp3) is 0.857. The van der Waals surface area contributed by atoms with E-state index in [9.17, 15) is 16.8 Å². The van der Waals surface area contributed by atoms with Gasteiger partial charge in [0.2, 0.25) is 0 Å². The smallest absolute Gasteiger partial charge is 0.257 e. The second-order valence-corrected chi connectivity index (χ2v) is 12.7. The van der Waals surface area contributed by atoms with Crippen molar-refractivity contribution in [3.63, 3.8) is 0 Å². The maximum atomic E-state index is 11.5. The van der Waals surface area contributed by atoms with Gasteiger partial charge in [0, 0.05) is 0 Å². The molecule has 2 aliphatic heterocycles. The molecule has 2 aliphatic rings. The van der Waals surface area contributed by atoms with Crippen molar-refractivity contribution in [2.24, 2.45) is 0 Å². The van der Waals surface area contributed by atoms with Gasteiger partial charge in [0.05, 0.1) is 59.1 Å². The summed E-state index contributed by atoms with van der Waals surface area (Å²) in [5, 5.41) is 4.59. The minimum atomic E-state index is -3.15. The van der Waals surface area contributed by atoms with Crippen LogP contribution in [0.15, 0.2) is 0 Å². The van der Waals surface area contributed by atoms with Crippen molar-refractivity contribution < 1.29 is 31.0 Å². The number of alkyl halides is 2. The Morgan fingerprint density at radius 2 is 1.14 bits per heavy atom. The highest BCUT2D eigenvalue weighted by molar-refractivity contribution is 7.92. The number of ether oxygens (including phenoxy) is 3. The molecule has 0 spiro atoms. The van der Waals surface area contributed by atoms with E-state index in [1.807, 2.05) is 0 Å². The summed E-state index contributed by atoms with van der Waals surface area (Å²) in [5.41, 5.74) is 0. The van der Waals surface area contributed by atoms with Gasteiger partial charge in [-0.15, -0.1) is 23.2 Å². The molecule has 9 nitrogen and oxygen atoms in total. The van der Waals surface area contributed by atoms with E-state index in [-0.39, 0.29) is 59.8 Å². The summed E-state index contributed by atoms with van der Waals surface area (Å²) >= 11 is 22.0. The van der Waals surface area contributed by atoms with Crippen molar-refractivity contribution in [1.82, 2.24) is 10.6 Å². The minimum absolute atomic E-state index is 0.0603. The molecule has 2 N–H and O–H groups in total. The number of hydrogen-bond acceptors (Lipinski definition) is 9. The fourth-order valence-electron chi connectivity index (χ4n) is 2.75. The molecule has 0 aromatic carbocycles. The van der Waals surface area contributed by atoms with Crippen LogP contribution in [0.2, 0.25) is 0 Å². The van der Waals surface area contributed by atoms with Crippen LogP contribution in [-0.2, 0) is 33.9 Å². The molecule has 0 saturated carbocycles. The minimum Gasteiger partial charge on any atom is -0.469 e. The van der Waals surface area contributed by atoms with E-state index in [1.54, 1.807) is 0 Å². The van der Waals surface area contributed by atoms with Crippen LogP contribution in [0.1, 0.15) is 0 Å². The van der Waals surface area contributed by atoms with Gasteiger partial charge >= 0.3 is 0 Å². The number of thiocarbonyl (C=S) groups is 2. The molecule has 4 atom stereocenters. The van der Waals surface area contributed by atoms with Crippen molar-refractivity contribution >= 4 is 77.7 Å². The Balaban J connectivity index is 1.50. The molecule has 168 valence electrons. The zero-order chi connectivity index (χ0) is 21.7. The average molecular weight is 530 g/mol. The van der Waals surface area contributed by atoms with Gasteiger partial charge in [-0.1, -0.05) is 0 Å². The lowest BCUT2D eigenvalue weighted by Gasteiger charge is -2.17. The molecule has 0 amide bonds. The first-order valence-electron chi connectivity index (χ1n) is 8.61. The van der Waals surface area contributed by atoms with Crippen molar-refractivity contribution in [3.8, 4) is 0 Å². The summed E-state index contributed by atoms with van der Waals surface area (Å²) < 4.78 is 61.8. The van der Waals surface area contributed by atoms with E-state index in [1.165, 1.54) is 0 Å². The second-order valence-electron chi connectivity index (χ2n) is 6.57. The first kappa shape index (κ1) is 25.1. The molecule has 29 heavy (non-hydrogen) atoms. The van der Waals surface area contributed by atoms with E-state index >= 15 is 0 Å². The molecular weight excluding hydrogens is 507 g/mol. The summed E-state index contributed by atoms with van der Waals surface area (Å²) in [6.45, 7) is 0.774. The van der Waals surface area contributed by atoms with Crippen LogP contribution >= 0.6 is 47.6 Å². The van der Waals surface area contributed by atoms with Gasteiger partial charge in [-0.25, -0.2) is 16.8 Å². The Kier molecular flexibility index (Phi) is 9.44. The molecule has 0 radical (unpaired) electrons. The van der Waals surface area contributed by atoms with E-state index in [2.05, 4.69) is 10.6 Å². The Morgan fingerprint density at radius 1 is 0.759 bits per heavy atom. The highest BCUT2D eigenvalue weighted by atomic mass is 35.5. The number of sulfone groups is 2. The topological polar surface area (TPSA) is 120 Å². The summed E-state index contributed by atoms with van der Waals surface area (Å²) in [4.78, 5) is 0. The first-order valence-corrected chi connectivity index (χ1v) is 13.9. The second kappa shape index (κ2) is 10.9. The van der Waals surface area contributed by atoms with Gasteiger partial charge in [-0.3, -0.25) is 0 Å². The van der Waals surface area contributed by atoms with Crippen molar-refractivity contribution in [2.75, 3.05) is 49.4 Å². The number of halogens is 2. The van der Waals surface area contributed by atoms with Crippen LogP contribution in [-0.4, -0.2) is 99.5 Å². The highest BCUT2D eigenvalue weighted by Gasteiger charge is 2.37. The van der Waals surface area contributed by atoms with E-state index in [0.29, 0.717) is 0 Å². The Labute approximate surface area is 190 Å². The Hall–Kier alpha value is -0.180. The molecule has 2 fully saturated rings. The van der Waals surface area contributed by atoms with E-state index < -0.39 is 42.5 Å². The van der Waals surface area contributed by atoms with Gasteiger partial charge in [0.25, 0.3) is 10.3 Å². The van der Waals surface area contributed by atoms with Gasteiger partial charge in [-0.05, 0) is 24.4 Å². The van der Waals surface area contributed by atoms with Gasteiger partial charge in [0.1, 0.15) is 13.2 Å². The van der Waals surface area contributed by atoms with Gasteiger partial charge < -0.3 is 24.8 Å². The van der Waals surface area contributed by atoms with Gasteiger partial charge in [-0.2, -0.15) is 0 Å². The third-order valence-corrected chi connectivity index (χ3v) is 9.32. The normalized spacial score (nSPS) is 29.9.